The van der Waals surface area contributed by atoms with Crippen LogP contribution in [0.1, 0.15) is 11.9 Å². The summed E-state index contributed by atoms with van der Waals surface area (Å²) in [6, 6.07) is 3.15. The third kappa shape index (κ3) is 2.87. The number of hydrogen-bond donors (Lipinski definition) is 2. The number of benzene rings is 1. The van der Waals surface area contributed by atoms with E-state index in [9.17, 15) is 10.1 Å². The zero-order valence-electron chi connectivity index (χ0n) is 9.49. The van der Waals surface area contributed by atoms with E-state index in [0.29, 0.717) is 5.56 Å². The fourth-order valence-electron chi connectivity index (χ4n) is 1.39. The third-order valence-corrected chi connectivity index (χ3v) is 2.53. The summed E-state index contributed by atoms with van der Waals surface area (Å²) in [7, 11) is 0. The van der Waals surface area contributed by atoms with Crippen LogP contribution in [-0.2, 0) is 0 Å². The number of nitrogens with two attached hydrogens (primary N) is 1. The van der Waals surface area contributed by atoms with E-state index in [4.69, 9.17) is 27.0 Å². The van der Waals surface area contributed by atoms with Gasteiger partial charge in [-0.05, 0) is 6.07 Å². The summed E-state index contributed by atoms with van der Waals surface area (Å²) in [5.41, 5.74) is 5.65. The Bertz CT molecular complexity index is 615. The van der Waals surface area contributed by atoms with E-state index < -0.39 is 11.0 Å². The minimum atomic E-state index is -0.772. The standard InChI is InChI=1S/C10H9ClN4O4/c11-6-1-5(2-7(3-6)15(17)18)10-13-9(14-19-10)8(12)4-16/h1-3,8,16H,4,12H2. The van der Waals surface area contributed by atoms with Crippen molar-refractivity contribution < 1.29 is 14.6 Å². The number of halogens is 1. The van der Waals surface area contributed by atoms with E-state index in [-0.39, 0.29) is 29.0 Å². The van der Waals surface area contributed by atoms with Crippen molar-refractivity contribution in [2.75, 3.05) is 6.61 Å². The maximum absolute atomic E-state index is 10.7. The van der Waals surface area contributed by atoms with Gasteiger partial charge in [0, 0.05) is 22.7 Å². The molecule has 2 rings (SSSR count). The van der Waals surface area contributed by atoms with Crippen LogP contribution < -0.4 is 5.73 Å². The largest absolute Gasteiger partial charge is 0.394 e. The van der Waals surface area contributed by atoms with Crippen LogP contribution >= 0.6 is 11.6 Å². The van der Waals surface area contributed by atoms with Gasteiger partial charge in [0.2, 0.25) is 0 Å². The molecule has 100 valence electrons. The van der Waals surface area contributed by atoms with Crippen molar-refractivity contribution in [3.63, 3.8) is 0 Å². The number of aliphatic hydroxyl groups excluding tert-OH is 1. The summed E-state index contributed by atoms with van der Waals surface area (Å²) in [5.74, 6) is 0.157. The van der Waals surface area contributed by atoms with Crippen LogP contribution in [-0.4, -0.2) is 26.8 Å². The lowest BCUT2D eigenvalue weighted by Gasteiger charge is -1.99. The van der Waals surface area contributed by atoms with E-state index >= 15 is 0 Å². The van der Waals surface area contributed by atoms with Crippen molar-refractivity contribution in [2.24, 2.45) is 5.73 Å². The second-order valence-corrected chi connectivity index (χ2v) is 4.14. The monoisotopic (exact) mass is 284 g/mol. The van der Waals surface area contributed by atoms with Gasteiger partial charge >= 0.3 is 0 Å². The first-order chi connectivity index (χ1) is 9.01. The van der Waals surface area contributed by atoms with Crippen LogP contribution in [0, 0.1) is 10.1 Å². The van der Waals surface area contributed by atoms with E-state index in [2.05, 4.69) is 10.1 Å². The van der Waals surface area contributed by atoms with Crippen molar-refractivity contribution in [3.8, 4) is 11.5 Å². The summed E-state index contributed by atoms with van der Waals surface area (Å²) in [6.45, 7) is -0.339. The van der Waals surface area contributed by atoms with E-state index in [0.717, 1.165) is 0 Å². The number of aliphatic hydroxyl groups is 1. The molecule has 1 unspecified atom stereocenters. The minimum absolute atomic E-state index is 0.0458. The van der Waals surface area contributed by atoms with Gasteiger partial charge in [0.15, 0.2) is 5.82 Å². The molecule has 0 amide bonds. The third-order valence-electron chi connectivity index (χ3n) is 2.31. The highest BCUT2D eigenvalue weighted by Gasteiger charge is 2.17. The van der Waals surface area contributed by atoms with E-state index in [1.165, 1.54) is 18.2 Å². The Morgan fingerprint density at radius 3 is 2.89 bits per heavy atom. The fraction of sp³-hybridized carbons (Fsp3) is 0.200. The zero-order chi connectivity index (χ0) is 14.0. The van der Waals surface area contributed by atoms with Gasteiger partial charge in [-0.3, -0.25) is 10.1 Å². The first kappa shape index (κ1) is 13.4. The molecule has 1 aromatic heterocycles. The predicted octanol–water partition coefficient (Wildman–Crippen LogP) is 1.29. The molecule has 9 heteroatoms. The Kier molecular flexibility index (Phi) is 3.74. The predicted molar refractivity (Wildman–Crippen MR) is 65.4 cm³/mol. The van der Waals surface area contributed by atoms with Crippen LogP contribution in [0.3, 0.4) is 0 Å². The maximum Gasteiger partial charge on any atom is 0.271 e. The Morgan fingerprint density at radius 1 is 1.53 bits per heavy atom. The van der Waals surface area contributed by atoms with Crippen molar-refractivity contribution >= 4 is 17.3 Å². The lowest BCUT2D eigenvalue weighted by Crippen LogP contribution is -2.15. The minimum Gasteiger partial charge on any atom is -0.394 e. The second kappa shape index (κ2) is 5.31. The number of nitro groups is 1. The molecule has 0 spiro atoms. The van der Waals surface area contributed by atoms with E-state index in [1.807, 2.05) is 0 Å². The normalized spacial score (nSPS) is 12.4. The summed E-state index contributed by atoms with van der Waals surface area (Å²) in [6.07, 6.45) is 0. The lowest BCUT2D eigenvalue weighted by molar-refractivity contribution is -0.384. The molecular weight excluding hydrogens is 276 g/mol. The molecule has 2 aromatic rings. The summed E-state index contributed by atoms with van der Waals surface area (Å²) in [5, 5.41) is 23.4. The topological polar surface area (TPSA) is 128 Å². The Morgan fingerprint density at radius 2 is 2.26 bits per heavy atom. The molecule has 0 aliphatic rings. The molecule has 8 nitrogen and oxygen atoms in total. The first-order valence-electron chi connectivity index (χ1n) is 5.16. The average molecular weight is 285 g/mol. The molecule has 19 heavy (non-hydrogen) atoms. The number of hydrogen-bond acceptors (Lipinski definition) is 7. The van der Waals surface area contributed by atoms with Crippen LogP contribution in [0.5, 0.6) is 0 Å². The molecule has 0 aliphatic carbocycles. The smallest absolute Gasteiger partial charge is 0.271 e. The highest BCUT2D eigenvalue weighted by Crippen LogP contribution is 2.27. The molecule has 0 aliphatic heterocycles. The van der Waals surface area contributed by atoms with Gasteiger partial charge in [-0.15, -0.1) is 0 Å². The highest BCUT2D eigenvalue weighted by molar-refractivity contribution is 6.31. The number of rotatable bonds is 4. The van der Waals surface area contributed by atoms with Gasteiger partial charge in [0.05, 0.1) is 17.6 Å². The van der Waals surface area contributed by atoms with Crippen molar-refractivity contribution in [3.05, 3.63) is 39.2 Å². The lowest BCUT2D eigenvalue weighted by atomic mass is 10.2. The molecule has 0 saturated carbocycles. The van der Waals surface area contributed by atoms with Gasteiger partial charge in [0.1, 0.15) is 0 Å². The number of nitro benzene ring substituents is 1. The molecular formula is C10H9ClN4O4. The Balaban J connectivity index is 2.41. The molecule has 0 bridgehead atoms. The maximum atomic E-state index is 10.7. The first-order valence-corrected chi connectivity index (χ1v) is 5.54. The summed E-state index contributed by atoms with van der Waals surface area (Å²) >= 11 is 5.78. The van der Waals surface area contributed by atoms with Crippen molar-refractivity contribution in [2.45, 2.75) is 6.04 Å². The molecule has 1 aromatic carbocycles. The number of aromatic nitrogens is 2. The van der Waals surface area contributed by atoms with Crippen LogP contribution in [0.4, 0.5) is 5.69 Å². The van der Waals surface area contributed by atoms with Gasteiger partial charge in [-0.25, -0.2) is 0 Å². The van der Waals surface area contributed by atoms with Crippen LogP contribution in [0.15, 0.2) is 22.7 Å². The van der Waals surface area contributed by atoms with Gasteiger partial charge in [-0.1, -0.05) is 16.8 Å². The number of nitrogens with zero attached hydrogens (tertiary/aromatic N) is 3. The fourth-order valence-corrected chi connectivity index (χ4v) is 1.62. The summed E-state index contributed by atoms with van der Waals surface area (Å²) < 4.78 is 4.93. The van der Waals surface area contributed by atoms with Crippen molar-refractivity contribution in [1.29, 1.82) is 0 Å². The molecule has 0 saturated heterocycles. The molecule has 0 fully saturated rings. The zero-order valence-corrected chi connectivity index (χ0v) is 10.2. The quantitative estimate of drug-likeness (QED) is 0.639. The van der Waals surface area contributed by atoms with Crippen molar-refractivity contribution in [1.82, 2.24) is 10.1 Å². The van der Waals surface area contributed by atoms with Crippen LogP contribution in [0.2, 0.25) is 5.02 Å². The average Bonchev–Trinajstić information content (AvgIpc) is 2.86. The SMILES string of the molecule is NC(CO)c1noc(-c2cc(Cl)cc([N+](=O)[O-])c2)n1. The molecule has 3 N–H and O–H groups in total. The van der Waals surface area contributed by atoms with Gasteiger partial charge in [0.25, 0.3) is 11.6 Å². The summed E-state index contributed by atoms with van der Waals surface area (Å²) in [4.78, 5) is 14.1. The van der Waals surface area contributed by atoms with Gasteiger partial charge < -0.3 is 15.4 Å². The Hall–Kier alpha value is -2.03. The second-order valence-electron chi connectivity index (χ2n) is 3.70. The van der Waals surface area contributed by atoms with Crippen LogP contribution in [0.25, 0.3) is 11.5 Å². The molecule has 0 radical (unpaired) electrons. The Labute approximate surface area is 111 Å². The van der Waals surface area contributed by atoms with E-state index in [1.54, 1.807) is 0 Å². The highest BCUT2D eigenvalue weighted by atomic mass is 35.5. The number of non-ortho nitro benzene ring substituents is 1. The molecule has 1 atom stereocenters. The van der Waals surface area contributed by atoms with Gasteiger partial charge in [-0.2, -0.15) is 4.98 Å². The molecule has 1 heterocycles.